The first-order chi connectivity index (χ1) is 6.09. The van der Waals surface area contributed by atoms with Crippen molar-refractivity contribution in [1.29, 1.82) is 0 Å². The third-order valence-corrected chi connectivity index (χ3v) is 1.97. The van der Waals surface area contributed by atoms with Crippen LogP contribution < -0.4 is 0 Å². The molecule has 1 aliphatic carbocycles. The Bertz CT molecular complexity index is 308. The number of carbonyl (C=O) groups is 1. The molecule has 1 nitrogen and oxygen atoms in total. The highest BCUT2D eigenvalue weighted by molar-refractivity contribution is 5.78. The highest BCUT2D eigenvalue weighted by Crippen LogP contribution is 2.20. The van der Waals surface area contributed by atoms with Gasteiger partial charge < -0.3 is 0 Å². The lowest BCUT2D eigenvalue weighted by Gasteiger charge is -1.97. The Morgan fingerprint density at radius 3 is 2.85 bits per heavy atom. The molecule has 0 bridgehead atoms. The molecule has 0 fully saturated rings. The van der Waals surface area contributed by atoms with Gasteiger partial charge in [0.25, 0.3) is 0 Å². The van der Waals surface area contributed by atoms with E-state index >= 15 is 0 Å². The molecule has 0 aromatic rings. The Labute approximate surface area is 77.6 Å². The molecule has 0 amide bonds. The van der Waals surface area contributed by atoms with Gasteiger partial charge in [0.2, 0.25) is 0 Å². The van der Waals surface area contributed by atoms with Crippen LogP contribution in [0.25, 0.3) is 0 Å². The summed E-state index contributed by atoms with van der Waals surface area (Å²) in [6.07, 6.45) is 6.04. The van der Waals surface area contributed by atoms with Gasteiger partial charge in [-0.05, 0) is 31.9 Å². The van der Waals surface area contributed by atoms with E-state index in [0.29, 0.717) is 18.4 Å². The second-order valence-electron chi connectivity index (χ2n) is 3.31. The zero-order valence-corrected chi connectivity index (χ0v) is 7.93. The molecule has 0 saturated heterocycles. The van der Waals surface area contributed by atoms with Crippen LogP contribution in [-0.4, -0.2) is 5.78 Å². The molecule has 0 radical (unpaired) electrons. The van der Waals surface area contributed by atoms with Crippen molar-refractivity contribution in [3.8, 4) is 0 Å². The van der Waals surface area contributed by atoms with Crippen LogP contribution in [0, 0.1) is 0 Å². The highest BCUT2D eigenvalue weighted by Gasteiger charge is 2.05. The summed E-state index contributed by atoms with van der Waals surface area (Å²) < 4.78 is 13.0. The van der Waals surface area contributed by atoms with E-state index in [2.05, 4.69) is 0 Å². The van der Waals surface area contributed by atoms with E-state index in [0.717, 1.165) is 5.57 Å². The maximum atomic E-state index is 13.0. The summed E-state index contributed by atoms with van der Waals surface area (Å²) >= 11 is 0. The molecule has 0 unspecified atom stereocenters. The maximum Gasteiger partial charge on any atom is 0.133 e. The number of Topliss-reactive ketones (excluding diaryl/α,β-unsaturated/α-hetero) is 1. The fraction of sp³-hybridized carbons (Fsp3) is 0.364. The Hall–Kier alpha value is -1.18. The van der Waals surface area contributed by atoms with Crippen molar-refractivity contribution >= 4 is 5.78 Å². The smallest absolute Gasteiger partial charge is 0.133 e. The Morgan fingerprint density at radius 2 is 2.23 bits per heavy atom. The van der Waals surface area contributed by atoms with Crippen LogP contribution in [0.15, 0.2) is 35.2 Å². The Balaban J connectivity index is 2.77. The first-order valence-corrected chi connectivity index (χ1v) is 4.31. The van der Waals surface area contributed by atoms with E-state index in [1.165, 1.54) is 6.08 Å². The van der Waals surface area contributed by atoms with Crippen molar-refractivity contribution in [1.82, 2.24) is 0 Å². The third-order valence-electron chi connectivity index (χ3n) is 1.97. The molecule has 0 aliphatic heterocycles. The molecule has 0 atom stereocenters. The molecule has 13 heavy (non-hydrogen) atoms. The summed E-state index contributed by atoms with van der Waals surface area (Å²) in [6, 6.07) is 0. The largest absolute Gasteiger partial charge is 0.300 e. The second-order valence-corrected chi connectivity index (χ2v) is 3.31. The number of hydrogen-bond donors (Lipinski definition) is 0. The fourth-order valence-corrected chi connectivity index (χ4v) is 1.22. The van der Waals surface area contributed by atoms with Crippen LogP contribution in [0.1, 0.15) is 26.7 Å². The van der Waals surface area contributed by atoms with Gasteiger partial charge in [0.05, 0.1) is 0 Å². The molecule has 2 heteroatoms. The van der Waals surface area contributed by atoms with Crippen molar-refractivity contribution in [3.05, 3.63) is 35.2 Å². The third kappa shape index (κ3) is 2.98. The van der Waals surface area contributed by atoms with Crippen molar-refractivity contribution in [3.63, 3.8) is 0 Å². The Kier molecular flexibility index (Phi) is 3.18. The first kappa shape index (κ1) is 9.90. The van der Waals surface area contributed by atoms with Gasteiger partial charge in [-0.2, -0.15) is 0 Å². The van der Waals surface area contributed by atoms with Crippen LogP contribution >= 0.6 is 0 Å². The number of halogens is 1. The summed E-state index contributed by atoms with van der Waals surface area (Å²) in [5, 5.41) is 0. The predicted octanol–water partition coefficient (Wildman–Crippen LogP) is 3.10. The monoisotopic (exact) mass is 180 g/mol. The quantitative estimate of drug-likeness (QED) is 0.638. The summed E-state index contributed by atoms with van der Waals surface area (Å²) in [6.45, 7) is 3.27. The van der Waals surface area contributed by atoms with E-state index < -0.39 is 0 Å². The normalized spacial score (nSPS) is 17.0. The topological polar surface area (TPSA) is 17.1 Å². The van der Waals surface area contributed by atoms with Gasteiger partial charge in [-0.1, -0.05) is 17.7 Å². The van der Waals surface area contributed by atoms with Crippen LogP contribution in [0.4, 0.5) is 4.39 Å². The molecule has 0 aromatic heterocycles. The van der Waals surface area contributed by atoms with Gasteiger partial charge >= 0.3 is 0 Å². The number of rotatable bonds is 2. The minimum absolute atomic E-state index is 0.119. The van der Waals surface area contributed by atoms with E-state index in [9.17, 15) is 9.18 Å². The minimum Gasteiger partial charge on any atom is -0.300 e. The van der Waals surface area contributed by atoms with E-state index in [4.69, 9.17) is 0 Å². The fourth-order valence-electron chi connectivity index (χ4n) is 1.22. The summed E-state index contributed by atoms with van der Waals surface area (Å²) in [7, 11) is 0. The molecule has 0 aromatic carbocycles. The molecule has 0 spiro atoms. The predicted molar refractivity (Wildman–Crippen MR) is 50.9 cm³/mol. The average molecular weight is 180 g/mol. The molecule has 0 saturated carbocycles. The second kappa shape index (κ2) is 4.17. The lowest BCUT2D eigenvalue weighted by molar-refractivity contribution is -0.116. The lowest BCUT2D eigenvalue weighted by atomic mass is 10.1. The molecule has 1 rings (SSSR count). The zero-order chi connectivity index (χ0) is 9.84. The van der Waals surface area contributed by atoms with Crippen molar-refractivity contribution < 1.29 is 9.18 Å². The van der Waals surface area contributed by atoms with E-state index in [1.807, 2.05) is 6.08 Å². The van der Waals surface area contributed by atoms with E-state index in [1.54, 1.807) is 19.9 Å². The molecule has 0 N–H and O–H groups in total. The standard InChI is InChI=1S/C11H13FO/c1-8-3-4-10(7-9(2)13)5-6-11(8)12/h3-4,6H,5,7H2,1-2H3. The van der Waals surface area contributed by atoms with Gasteiger partial charge in [0.15, 0.2) is 0 Å². The van der Waals surface area contributed by atoms with Gasteiger partial charge in [-0.25, -0.2) is 4.39 Å². The van der Waals surface area contributed by atoms with Gasteiger partial charge in [-0.15, -0.1) is 0 Å². The first-order valence-electron chi connectivity index (χ1n) is 4.31. The summed E-state index contributed by atoms with van der Waals surface area (Å²) in [5.41, 5.74) is 1.60. The number of carbonyl (C=O) groups excluding carboxylic acids is 1. The van der Waals surface area contributed by atoms with Gasteiger partial charge in [0, 0.05) is 6.42 Å². The minimum atomic E-state index is -0.185. The van der Waals surface area contributed by atoms with Crippen LogP contribution in [0.2, 0.25) is 0 Å². The summed E-state index contributed by atoms with van der Waals surface area (Å²) in [4.78, 5) is 10.8. The van der Waals surface area contributed by atoms with Crippen LogP contribution in [0.3, 0.4) is 0 Å². The van der Waals surface area contributed by atoms with Gasteiger partial charge in [-0.3, -0.25) is 4.79 Å². The lowest BCUT2D eigenvalue weighted by Crippen LogP contribution is -1.92. The molecule has 70 valence electrons. The van der Waals surface area contributed by atoms with Crippen molar-refractivity contribution in [2.24, 2.45) is 0 Å². The van der Waals surface area contributed by atoms with Crippen LogP contribution in [0.5, 0.6) is 0 Å². The van der Waals surface area contributed by atoms with Crippen molar-refractivity contribution in [2.45, 2.75) is 26.7 Å². The SMILES string of the molecule is CC(=O)CC1=CC=C(C)C(F)=CC1. The number of ketones is 1. The number of hydrogen-bond acceptors (Lipinski definition) is 1. The van der Waals surface area contributed by atoms with Crippen molar-refractivity contribution in [2.75, 3.05) is 0 Å². The number of allylic oxidation sites excluding steroid dienone is 6. The zero-order valence-electron chi connectivity index (χ0n) is 7.93. The summed E-state index contributed by atoms with van der Waals surface area (Å²) in [5.74, 6) is -0.0668. The molecule has 1 aliphatic rings. The Morgan fingerprint density at radius 1 is 1.54 bits per heavy atom. The molecular formula is C11H13FO. The average Bonchev–Trinajstić information content (AvgIpc) is 2.19. The van der Waals surface area contributed by atoms with Crippen LogP contribution in [-0.2, 0) is 4.79 Å². The molecular weight excluding hydrogens is 167 g/mol. The van der Waals surface area contributed by atoms with Gasteiger partial charge in [0.1, 0.15) is 11.6 Å². The maximum absolute atomic E-state index is 13.0. The highest BCUT2D eigenvalue weighted by atomic mass is 19.1. The molecule has 0 heterocycles. The van der Waals surface area contributed by atoms with E-state index in [-0.39, 0.29) is 11.6 Å².